The predicted molar refractivity (Wildman–Crippen MR) is 355 cm³/mol. The van der Waals surface area contributed by atoms with Crippen molar-refractivity contribution in [2.45, 2.75) is 137 Å². The van der Waals surface area contributed by atoms with Crippen LogP contribution in [0.5, 0.6) is 0 Å². The van der Waals surface area contributed by atoms with Crippen LogP contribution in [0, 0.1) is 17.8 Å². The van der Waals surface area contributed by atoms with Crippen LogP contribution in [-0.2, 0) is 76.6 Å². The molecule has 0 heterocycles. The first-order valence-corrected chi connectivity index (χ1v) is 30.4. The molecule has 0 aliphatic rings. The fraction of sp³-hybridized carbons (Fsp3) is 0.375. The van der Waals surface area contributed by atoms with Gasteiger partial charge in [0.05, 0.1) is 44.0 Å². The van der Waals surface area contributed by atoms with Crippen LogP contribution in [0.2, 0.25) is 0 Å². The van der Waals surface area contributed by atoms with Gasteiger partial charge in [-0.25, -0.2) is 0 Å². The minimum absolute atomic E-state index is 0. The van der Waals surface area contributed by atoms with Gasteiger partial charge in [0.1, 0.15) is 0 Å². The molecule has 506 valence electrons. The Morgan fingerprint density at radius 1 is 0.412 bits per heavy atom. The van der Waals surface area contributed by atoms with Gasteiger partial charge in [-0.1, -0.05) is 185 Å². The average molecular weight is 1450 g/mol. The number of hydrogen-bond donors (Lipinski definition) is 4. The van der Waals surface area contributed by atoms with Gasteiger partial charge in [0, 0.05) is 43.4 Å². The largest absolute Gasteiger partial charge is 2.00 e. The molecule has 97 heavy (non-hydrogen) atoms. The van der Waals surface area contributed by atoms with E-state index in [1.165, 1.54) is 0 Å². The van der Waals surface area contributed by atoms with Crippen molar-refractivity contribution < 1.29 is 162 Å². The van der Waals surface area contributed by atoms with E-state index >= 15 is 0 Å². The first-order valence-electron chi connectivity index (χ1n) is 30.4. The third-order valence-electron chi connectivity index (χ3n) is 14.3. The molecule has 0 aromatic heterocycles. The number of amides is 3. The van der Waals surface area contributed by atoms with Gasteiger partial charge in [0.15, 0.2) is 0 Å². The summed E-state index contributed by atoms with van der Waals surface area (Å²) in [5, 5.41) is 28.1. The van der Waals surface area contributed by atoms with Crippen molar-refractivity contribution in [1.29, 1.82) is 0 Å². The Labute approximate surface area is 687 Å². The number of esters is 3. The zero-order valence-corrected chi connectivity index (χ0v) is 66.9. The van der Waals surface area contributed by atoms with Crippen LogP contribution in [0.25, 0.3) is 33.4 Å². The molecule has 19 nitrogen and oxygen atoms in total. The molecule has 0 fully saturated rings. The molecule has 25 heteroatoms. The van der Waals surface area contributed by atoms with Gasteiger partial charge in [-0.2, -0.15) is 0 Å². The van der Waals surface area contributed by atoms with Crippen molar-refractivity contribution in [2.24, 2.45) is 17.8 Å². The van der Waals surface area contributed by atoms with E-state index in [0.29, 0.717) is 58.3 Å². The fourth-order valence-corrected chi connectivity index (χ4v) is 9.75. The maximum Gasteiger partial charge on any atom is 2.00 e. The summed E-state index contributed by atoms with van der Waals surface area (Å²) in [5.41, 5.74) is 9.79. The van der Waals surface area contributed by atoms with Crippen LogP contribution in [0.15, 0.2) is 164 Å². The number of carbonyl (C=O) groups is 8. The summed E-state index contributed by atoms with van der Waals surface area (Å²) in [6.07, 6.45) is 4.03. The number of rotatable bonds is 33. The normalized spacial score (nSPS) is 11.6. The van der Waals surface area contributed by atoms with Gasteiger partial charge < -0.3 is 85.7 Å². The van der Waals surface area contributed by atoms with Crippen LogP contribution in [0.4, 0.5) is 0 Å². The van der Waals surface area contributed by atoms with E-state index in [0.717, 1.165) is 50.1 Å². The molecule has 0 saturated heterocycles. The van der Waals surface area contributed by atoms with Crippen molar-refractivity contribution in [1.82, 2.24) is 16.0 Å². The van der Waals surface area contributed by atoms with Gasteiger partial charge in [-0.05, 0) is 116 Å². The Kier molecular flexibility index (Phi) is 61.1. The summed E-state index contributed by atoms with van der Waals surface area (Å²) in [4.78, 5) is 104. The van der Waals surface area contributed by atoms with Crippen LogP contribution >= 0.6 is 0 Å². The van der Waals surface area contributed by atoms with Gasteiger partial charge in [-0.15, -0.1) is 6.42 Å². The molecule has 3 amide bonds. The second-order valence-electron chi connectivity index (χ2n) is 21.7. The molecule has 6 N–H and O–H groups in total. The quantitative estimate of drug-likeness (QED) is 0.0139. The molecule has 6 aromatic rings. The Morgan fingerprint density at radius 2 is 0.660 bits per heavy atom. The summed E-state index contributed by atoms with van der Waals surface area (Å²) in [7, 11) is 0. The van der Waals surface area contributed by atoms with Crippen LogP contribution in [0.1, 0.15) is 116 Å². The maximum absolute atomic E-state index is 12.2. The van der Waals surface area contributed by atoms with Crippen molar-refractivity contribution >= 4 is 129 Å². The van der Waals surface area contributed by atoms with E-state index in [-0.39, 0.29) is 280 Å². The Hall–Kier alpha value is -4.23. The van der Waals surface area contributed by atoms with Gasteiger partial charge >= 0.3 is 158 Å². The molecule has 0 aliphatic carbocycles. The van der Waals surface area contributed by atoms with Gasteiger partial charge in [-0.3, -0.25) is 39.8 Å². The van der Waals surface area contributed by atoms with Gasteiger partial charge in [0.25, 0.3) is 0 Å². The second-order valence-corrected chi connectivity index (χ2v) is 21.7. The molecule has 0 bridgehead atoms. The molecule has 6 atom stereocenters. The number of nitrogens with one attached hydrogen (secondary N) is 3. The first-order chi connectivity index (χ1) is 42.8. The van der Waals surface area contributed by atoms with Crippen LogP contribution in [0.3, 0.4) is 0 Å². The molecule has 0 radical (unpaired) electrons. The fourth-order valence-electron chi connectivity index (χ4n) is 9.75. The Morgan fingerprint density at radius 3 is 0.897 bits per heavy atom. The zero-order chi connectivity index (χ0) is 64.9. The Bertz CT molecular complexity index is 3030. The first kappa shape index (κ1) is 101. The predicted octanol–water partition coefficient (Wildman–Crippen LogP) is -2.90. The molecule has 0 aliphatic heterocycles. The molecule has 6 rings (SSSR count). The summed E-state index contributed by atoms with van der Waals surface area (Å²) >= 11 is 0. The number of hydrogen-bond acceptors (Lipinski definition) is 15. The van der Waals surface area contributed by atoms with Crippen LogP contribution in [-0.4, -0.2) is 183 Å². The molecule has 0 saturated carbocycles. The SMILES string of the molecule is CCOC(=O)[C@H](C)CC(Cc1ccc(-c2ccccc2)cc1)NC(=O)CCC(=O)O.CCOC(=O)[C@H](C)CC(Cc1ccc(-c2ccccc2)cc1)NC(=O)CCC(=O)[O-].CCOC(=O)[C@H](C)C[C@@H](Cc1ccc(-c2ccccc2)cc1)NC(=O)CC[C-]=O.[Ca+2].[Ca+2].[Cl-].[Cl-].[Na+].[Na+].[OH-].[OH-]. The third-order valence-corrected chi connectivity index (χ3v) is 14.3. The van der Waals surface area contributed by atoms with Crippen molar-refractivity contribution in [3.63, 3.8) is 0 Å². The van der Waals surface area contributed by atoms with Crippen LogP contribution < -0.4 is 105 Å². The van der Waals surface area contributed by atoms with Crippen molar-refractivity contribution in [2.75, 3.05) is 19.8 Å². The minimum Gasteiger partial charge on any atom is -1.00 e. The zero-order valence-electron chi connectivity index (χ0n) is 57.0. The van der Waals surface area contributed by atoms with E-state index in [2.05, 4.69) is 40.2 Å². The summed E-state index contributed by atoms with van der Waals surface area (Å²) < 4.78 is 15.2. The monoisotopic (exact) mass is 1450 g/mol. The van der Waals surface area contributed by atoms with Gasteiger partial charge in [0.2, 0.25) is 17.7 Å². The van der Waals surface area contributed by atoms with E-state index in [1.807, 2.05) is 140 Å². The topological polar surface area (TPSA) is 321 Å². The molecule has 2 unspecified atom stereocenters. The van der Waals surface area contributed by atoms with E-state index in [4.69, 9.17) is 19.3 Å². The Balaban J connectivity index is -0.000000419. The van der Waals surface area contributed by atoms with E-state index in [1.54, 1.807) is 47.8 Å². The maximum atomic E-state index is 12.2. The number of ether oxygens (including phenoxy) is 3. The molecule has 6 aromatic carbocycles. The number of aliphatic carboxylic acids is 2. The number of carboxylic acid groups (broad SMARTS) is 2. The number of carboxylic acids is 2. The standard InChI is InChI=1S/2C24H29NO5.C24H28NO4.2Ca.2ClH.2Na.2H2O/c2*1-3-30-24(29)17(2)15-21(25-22(26)13-14-23(27)28)16-18-9-11-20(12-10-18)19-7-5-4-6-8-19;1-3-29-24(28)18(2)16-22(25-23(27)10-7-15-26)17-19-11-13-21(14-12-19)20-8-5-4-6-9-20;;;;;;;;/h2*4-12,17,21H,3,13-16H2,1-2H3,(H,25,26)(H,27,28);4-6,8-9,11-14,18,22H,3,7,10,16-17H2,1-2H3,(H,25,27);;;2*1H;;;2*1H2/q;;-1;2*+2;;;2*+1;;/p-5/t2*17-,21?;18-,22+;;;;;;;;/m111......../s1. The number of carbonyl (C=O) groups excluding carboxylic acids is 8. The summed E-state index contributed by atoms with van der Waals surface area (Å²) in [6, 6.07) is 53.6. The smallest absolute Gasteiger partial charge is 1.00 e. The number of halogens is 2. The minimum atomic E-state index is -1.27. The molecular weight excluding hydrogens is 1360 g/mol. The molecule has 0 spiro atoms. The third kappa shape index (κ3) is 42.0. The summed E-state index contributed by atoms with van der Waals surface area (Å²) in [6.45, 7) is 11.5. The van der Waals surface area contributed by atoms with E-state index in [9.17, 15) is 48.3 Å². The second kappa shape index (κ2) is 58.4. The average Bonchev–Trinajstić information content (AvgIpc) is 0.906. The van der Waals surface area contributed by atoms with Crippen molar-refractivity contribution in [3.8, 4) is 33.4 Å². The number of benzene rings is 6. The molecular formula is C72H87Ca2Cl2N3Na2O16. The van der Waals surface area contributed by atoms with Crippen molar-refractivity contribution in [3.05, 3.63) is 180 Å². The van der Waals surface area contributed by atoms with E-state index < -0.39 is 11.9 Å². The summed E-state index contributed by atoms with van der Waals surface area (Å²) in [5.74, 6) is -5.19.